The predicted octanol–water partition coefficient (Wildman–Crippen LogP) is 6.91. The zero-order valence-corrected chi connectivity index (χ0v) is 19.8. The van der Waals surface area contributed by atoms with Crippen LogP contribution in [0.2, 0.25) is 0 Å². The fourth-order valence-corrected chi connectivity index (χ4v) is 6.21. The van der Waals surface area contributed by atoms with Gasteiger partial charge in [-0.1, -0.05) is 84.0 Å². The third kappa shape index (κ3) is 3.46. The molecule has 178 valence electrons. The molecule has 0 saturated carbocycles. The van der Waals surface area contributed by atoms with E-state index in [2.05, 4.69) is 84.0 Å². The molecule has 1 saturated heterocycles. The lowest BCUT2D eigenvalue weighted by atomic mass is 9.94. The molecule has 2 atom stereocenters. The standard InChI is InChI=1S/C31H26N2O3/c34-31(35-19-29-27-7-3-1-5-25(27)26-6-2-4-8-28(26)29)33-23-13-14-24(33)18-22(17-23)20-9-11-21(12-10-20)30-15-16-32-36-30/h1-12,15-17,23-24,29H,13-14,18-19H2. The molecule has 3 aliphatic rings. The average molecular weight is 475 g/mol. The van der Waals surface area contributed by atoms with Gasteiger partial charge in [-0.05, 0) is 52.7 Å². The highest BCUT2D eigenvalue weighted by Crippen LogP contribution is 2.45. The van der Waals surface area contributed by atoms with Crippen molar-refractivity contribution in [1.82, 2.24) is 10.1 Å². The van der Waals surface area contributed by atoms with Gasteiger partial charge in [0.2, 0.25) is 0 Å². The lowest BCUT2D eigenvalue weighted by Crippen LogP contribution is -2.43. The highest BCUT2D eigenvalue weighted by Gasteiger charge is 2.41. The molecule has 2 bridgehead atoms. The molecule has 2 aliphatic heterocycles. The lowest BCUT2D eigenvalue weighted by Gasteiger charge is -2.33. The number of rotatable bonds is 4. The number of aromatic nitrogens is 1. The number of nitrogens with zero attached hydrogens (tertiary/aromatic N) is 2. The third-order valence-corrected chi connectivity index (χ3v) is 7.92. The van der Waals surface area contributed by atoms with Gasteiger partial charge in [-0.25, -0.2) is 4.79 Å². The first-order chi connectivity index (χ1) is 17.8. The van der Waals surface area contributed by atoms with E-state index in [4.69, 9.17) is 9.26 Å². The maximum atomic E-state index is 13.3. The number of hydrogen-bond donors (Lipinski definition) is 0. The van der Waals surface area contributed by atoms with Crippen LogP contribution in [0.15, 0.2) is 95.7 Å². The number of amides is 1. The summed E-state index contributed by atoms with van der Waals surface area (Å²) in [6.45, 7) is 0.364. The molecule has 2 unspecified atom stereocenters. The molecular formula is C31H26N2O3. The number of hydrogen-bond acceptors (Lipinski definition) is 4. The summed E-state index contributed by atoms with van der Waals surface area (Å²) in [5.41, 5.74) is 8.48. The monoisotopic (exact) mass is 474 g/mol. The van der Waals surface area contributed by atoms with Gasteiger partial charge in [0.05, 0.1) is 12.2 Å². The Bertz CT molecular complexity index is 1410. The van der Waals surface area contributed by atoms with Crippen LogP contribution in [0.1, 0.15) is 41.9 Å². The molecule has 4 aromatic rings. The Labute approximate surface area is 210 Å². The van der Waals surface area contributed by atoms with Crippen LogP contribution in [0, 0.1) is 0 Å². The summed E-state index contributed by atoms with van der Waals surface area (Å²) >= 11 is 0. The van der Waals surface area contributed by atoms with Crippen molar-refractivity contribution in [2.75, 3.05) is 6.61 Å². The van der Waals surface area contributed by atoms with E-state index in [0.717, 1.165) is 30.6 Å². The molecule has 1 amide bonds. The van der Waals surface area contributed by atoms with Crippen molar-refractivity contribution in [3.63, 3.8) is 0 Å². The highest BCUT2D eigenvalue weighted by molar-refractivity contribution is 5.79. The van der Waals surface area contributed by atoms with E-state index < -0.39 is 0 Å². The van der Waals surface area contributed by atoms with E-state index in [0.29, 0.717) is 6.61 Å². The predicted molar refractivity (Wildman–Crippen MR) is 138 cm³/mol. The summed E-state index contributed by atoms with van der Waals surface area (Å²) in [4.78, 5) is 15.3. The van der Waals surface area contributed by atoms with Crippen molar-refractivity contribution in [2.45, 2.75) is 37.3 Å². The van der Waals surface area contributed by atoms with Crippen molar-refractivity contribution in [3.05, 3.63) is 108 Å². The summed E-state index contributed by atoms with van der Waals surface area (Å²) < 4.78 is 11.3. The van der Waals surface area contributed by atoms with Crippen LogP contribution in [-0.4, -0.2) is 34.8 Å². The first-order valence-electron chi connectivity index (χ1n) is 12.6. The molecule has 36 heavy (non-hydrogen) atoms. The van der Waals surface area contributed by atoms with Gasteiger partial charge < -0.3 is 9.26 Å². The highest BCUT2D eigenvalue weighted by atomic mass is 16.6. The summed E-state index contributed by atoms with van der Waals surface area (Å²) in [7, 11) is 0. The average Bonchev–Trinajstić information content (AvgIpc) is 3.63. The van der Waals surface area contributed by atoms with Crippen molar-refractivity contribution >= 4 is 11.7 Å². The summed E-state index contributed by atoms with van der Waals surface area (Å²) in [5, 5.41) is 3.79. The smallest absolute Gasteiger partial charge is 0.410 e. The minimum atomic E-state index is -0.194. The molecule has 3 heterocycles. The Morgan fingerprint density at radius 2 is 1.58 bits per heavy atom. The van der Waals surface area contributed by atoms with Gasteiger partial charge in [-0.2, -0.15) is 0 Å². The number of benzene rings is 3. The Balaban J connectivity index is 1.07. The second-order valence-electron chi connectivity index (χ2n) is 9.86. The van der Waals surface area contributed by atoms with Crippen LogP contribution in [0.3, 0.4) is 0 Å². The van der Waals surface area contributed by atoms with Gasteiger partial charge in [0, 0.05) is 23.6 Å². The molecule has 5 heteroatoms. The SMILES string of the molecule is O=C(OCC1c2ccccc2-c2ccccc21)N1C2C=C(c3ccc(-c4ccno4)cc3)CC1CC2. The van der Waals surface area contributed by atoms with E-state index in [-0.39, 0.29) is 24.1 Å². The Hall–Kier alpha value is -4.12. The third-order valence-electron chi connectivity index (χ3n) is 7.92. The van der Waals surface area contributed by atoms with Gasteiger partial charge in [0.25, 0.3) is 0 Å². The Morgan fingerprint density at radius 3 is 2.25 bits per heavy atom. The van der Waals surface area contributed by atoms with Crippen molar-refractivity contribution in [2.24, 2.45) is 0 Å². The fraction of sp³-hybridized carbons (Fsp3) is 0.226. The first-order valence-corrected chi connectivity index (χ1v) is 12.6. The zero-order chi connectivity index (χ0) is 24.1. The van der Waals surface area contributed by atoms with Gasteiger partial charge in [0.1, 0.15) is 6.61 Å². The normalized spacial score (nSPS) is 20.1. The van der Waals surface area contributed by atoms with Crippen LogP contribution < -0.4 is 0 Å². The van der Waals surface area contributed by atoms with Gasteiger partial charge in [0.15, 0.2) is 5.76 Å². The van der Waals surface area contributed by atoms with Crippen molar-refractivity contribution in [3.8, 4) is 22.5 Å². The van der Waals surface area contributed by atoms with Gasteiger partial charge in [-0.3, -0.25) is 4.90 Å². The molecule has 1 aromatic heterocycles. The van der Waals surface area contributed by atoms with E-state index >= 15 is 0 Å². The Morgan fingerprint density at radius 1 is 0.889 bits per heavy atom. The van der Waals surface area contributed by atoms with Gasteiger partial charge >= 0.3 is 6.09 Å². The molecular weight excluding hydrogens is 448 g/mol. The van der Waals surface area contributed by atoms with E-state index in [1.165, 1.54) is 33.4 Å². The fourth-order valence-electron chi connectivity index (χ4n) is 6.21. The lowest BCUT2D eigenvalue weighted by molar-refractivity contribution is 0.0866. The summed E-state index contributed by atoms with van der Waals surface area (Å²) in [5.74, 6) is 0.846. The summed E-state index contributed by atoms with van der Waals surface area (Å²) in [6.07, 6.45) is 6.55. The van der Waals surface area contributed by atoms with Gasteiger partial charge in [-0.15, -0.1) is 0 Å². The zero-order valence-electron chi connectivity index (χ0n) is 19.8. The number of fused-ring (bicyclic) bond motifs is 5. The second kappa shape index (κ2) is 8.52. The van der Waals surface area contributed by atoms with Crippen molar-refractivity contribution < 1.29 is 14.1 Å². The van der Waals surface area contributed by atoms with Crippen LogP contribution >= 0.6 is 0 Å². The molecule has 3 aromatic carbocycles. The maximum Gasteiger partial charge on any atom is 0.410 e. The van der Waals surface area contributed by atoms with E-state index in [1.807, 2.05) is 11.0 Å². The molecule has 0 N–H and O–H groups in total. The van der Waals surface area contributed by atoms with E-state index in [1.54, 1.807) is 6.20 Å². The number of carbonyl (C=O) groups excluding carboxylic acids is 1. The minimum Gasteiger partial charge on any atom is -0.448 e. The molecule has 0 spiro atoms. The number of ether oxygens (including phenoxy) is 1. The molecule has 1 fully saturated rings. The molecule has 0 radical (unpaired) electrons. The molecule has 1 aliphatic carbocycles. The van der Waals surface area contributed by atoms with Crippen LogP contribution in [0.25, 0.3) is 28.0 Å². The molecule has 7 rings (SSSR count). The summed E-state index contributed by atoms with van der Waals surface area (Å²) in [6, 6.07) is 27.4. The Kier molecular flexibility index (Phi) is 5.01. The van der Waals surface area contributed by atoms with Crippen LogP contribution in [0.5, 0.6) is 0 Å². The molecule has 5 nitrogen and oxygen atoms in total. The first kappa shape index (κ1) is 21.2. The van der Waals surface area contributed by atoms with E-state index in [9.17, 15) is 4.79 Å². The van der Waals surface area contributed by atoms with Crippen LogP contribution in [0.4, 0.5) is 4.79 Å². The minimum absolute atomic E-state index is 0.0813. The number of carbonyl (C=O) groups is 1. The van der Waals surface area contributed by atoms with Crippen molar-refractivity contribution in [1.29, 1.82) is 0 Å². The maximum absolute atomic E-state index is 13.3. The quantitative estimate of drug-likeness (QED) is 0.322. The van der Waals surface area contributed by atoms with Crippen LogP contribution in [-0.2, 0) is 4.74 Å². The second-order valence-corrected chi connectivity index (χ2v) is 9.86. The topological polar surface area (TPSA) is 55.6 Å². The largest absolute Gasteiger partial charge is 0.448 e.